The number of carbonyl (C=O) groups excluding carboxylic acids is 2. The SMILES string of the molecule is CC1=CC2CC1[C@H]1C(=O)N(c3ccc(Br)c(C(F)(F)F)c3)C(=O)[C@@H]21. The molecule has 1 aromatic carbocycles. The zero-order chi connectivity index (χ0) is 17.4. The van der Waals surface area contributed by atoms with Gasteiger partial charge in [-0.2, -0.15) is 13.2 Å². The first kappa shape index (κ1) is 15.9. The molecular weight excluding hydrogens is 387 g/mol. The van der Waals surface area contributed by atoms with Crippen LogP contribution in [0.2, 0.25) is 0 Å². The Labute approximate surface area is 144 Å². The summed E-state index contributed by atoms with van der Waals surface area (Å²) in [4.78, 5) is 26.4. The summed E-state index contributed by atoms with van der Waals surface area (Å²) >= 11 is 2.87. The Bertz CT molecular complexity index is 802. The molecule has 0 N–H and O–H groups in total. The first-order valence-electron chi connectivity index (χ1n) is 7.63. The lowest BCUT2D eigenvalue weighted by Crippen LogP contribution is -2.33. The Kier molecular flexibility index (Phi) is 3.27. The molecule has 1 heterocycles. The van der Waals surface area contributed by atoms with Crippen molar-refractivity contribution in [2.45, 2.75) is 19.5 Å². The molecule has 2 aliphatic carbocycles. The van der Waals surface area contributed by atoms with Gasteiger partial charge in [-0.3, -0.25) is 14.5 Å². The maximum Gasteiger partial charge on any atom is 0.417 e. The zero-order valence-corrected chi connectivity index (χ0v) is 14.2. The number of hydrogen-bond donors (Lipinski definition) is 0. The monoisotopic (exact) mass is 399 g/mol. The summed E-state index contributed by atoms with van der Waals surface area (Å²) < 4.78 is 39.2. The number of benzene rings is 1. The average molecular weight is 400 g/mol. The highest BCUT2D eigenvalue weighted by molar-refractivity contribution is 9.10. The van der Waals surface area contributed by atoms with Crippen molar-refractivity contribution in [3.8, 4) is 0 Å². The van der Waals surface area contributed by atoms with E-state index in [4.69, 9.17) is 0 Å². The predicted octanol–water partition coefficient (Wildman–Crippen LogP) is 4.17. The van der Waals surface area contributed by atoms with Gasteiger partial charge in [0.05, 0.1) is 23.1 Å². The van der Waals surface area contributed by atoms with Crippen molar-refractivity contribution in [1.82, 2.24) is 0 Å². The second-order valence-corrected chi connectivity index (χ2v) is 7.50. The molecule has 2 bridgehead atoms. The van der Waals surface area contributed by atoms with Crippen LogP contribution >= 0.6 is 15.9 Å². The lowest BCUT2D eigenvalue weighted by atomic mass is 9.82. The van der Waals surface area contributed by atoms with Crippen molar-refractivity contribution in [2.24, 2.45) is 23.7 Å². The molecule has 0 aromatic heterocycles. The van der Waals surface area contributed by atoms with Crippen LogP contribution in [-0.4, -0.2) is 11.8 Å². The van der Waals surface area contributed by atoms with Crippen LogP contribution in [0.3, 0.4) is 0 Å². The summed E-state index contributed by atoms with van der Waals surface area (Å²) in [7, 11) is 0. The lowest BCUT2D eigenvalue weighted by Gasteiger charge is -2.20. The molecule has 24 heavy (non-hydrogen) atoms. The van der Waals surface area contributed by atoms with Gasteiger partial charge in [0.1, 0.15) is 0 Å². The number of anilines is 1. The van der Waals surface area contributed by atoms with Gasteiger partial charge in [0.15, 0.2) is 0 Å². The van der Waals surface area contributed by atoms with Crippen molar-refractivity contribution >= 4 is 33.4 Å². The fourth-order valence-corrected chi connectivity index (χ4v) is 4.87. The number of amides is 2. The molecule has 2 fully saturated rings. The van der Waals surface area contributed by atoms with E-state index in [9.17, 15) is 22.8 Å². The Balaban J connectivity index is 1.75. The van der Waals surface area contributed by atoms with Gasteiger partial charge in [-0.15, -0.1) is 0 Å². The number of allylic oxidation sites excluding steroid dienone is 2. The van der Waals surface area contributed by atoms with Crippen LogP contribution in [0.5, 0.6) is 0 Å². The molecule has 4 rings (SSSR count). The molecule has 2 unspecified atom stereocenters. The minimum absolute atomic E-state index is 0.00743. The maximum atomic E-state index is 13.1. The number of hydrogen-bond acceptors (Lipinski definition) is 2. The van der Waals surface area contributed by atoms with Crippen LogP contribution in [0.25, 0.3) is 0 Å². The van der Waals surface area contributed by atoms with Crippen LogP contribution in [0.15, 0.2) is 34.3 Å². The Morgan fingerprint density at radius 2 is 1.83 bits per heavy atom. The Morgan fingerprint density at radius 1 is 1.17 bits per heavy atom. The van der Waals surface area contributed by atoms with Gasteiger partial charge in [-0.05, 0) is 43.4 Å². The van der Waals surface area contributed by atoms with E-state index < -0.39 is 23.6 Å². The van der Waals surface area contributed by atoms with Crippen molar-refractivity contribution in [2.75, 3.05) is 4.90 Å². The molecule has 0 radical (unpaired) electrons. The first-order valence-corrected chi connectivity index (χ1v) is 8.42. The van der Waals surface area contributed by atoms with Crippen molar-refractivity contribution in [1.29, 1.82) is 0 Å². The summed E-state index contributed by atoms with van der Waals surface area (Å²) in [5, 5.41) is 0. The minimum Gasteiger partial charge on any atom is -0.274 e. The van der Waals surface area contributed by atoms with E-state index >= 15 is 0 Å². The molecule has 0 spiro atoms. The van der Waals surface area contributed by atoms with E-state index in [0.29, 0.717) is 0 Å². The maximum absolute atomic E-state index is 13.1. The fraction of sp³-hybridized carbons (Fsp3) is 0.412. The topological polar surface area (TPSA) is 37.4 Å². The van der Waals surface area contributed by atoms with Gasteiger partial charge in [-0.1, -0.05) is 27.6 Å². The number of nitrogens with zero attached hydrogens (tertiary/aromatic N) is 1. The van der Waals surface area contributed by atoms with E-state index in [-0.39, 0.29) is 33.8 Å². The average Bonchev–Trinajstić information content (AvgIpc) is 3.10. The molecule has 126 valence electrons. The number of alkyl halides is 3. The van der Waals surface area contributed by atoms with Gasteiger partial charge in [-0.25, -0.2) is 0 Å². The van der Waals surface area contributed by atoms with Gasteiger partial charge < -0.3 is 0 Å². The third-order valence-electron chi connectivity index (χ3n) is 5.39. The van der Waals surface area contributed by atoms with Crippen LogP contribution in [0.1, 0.15) is 18.9 Å². The summed E-state index contributed by atoms with van der Waals surface area (Å²) in [6.07, 6.45) is -1.74. The third-order valence-corrected chi connectivity index (χ3v) is 6.09. The molecular formula is C17H13BrF3NO2. The summed E-state index contributed by atoms with van der Waals surface area (Å²) in [5.41, 5.74) is 0.206. The normalized spacial score (nSPS) is 31.7. The van der Waals surface area contributed by atoms with Crippen LogP contribution in [-0.2, 0) is 15.8 Å². The quantitative estimate of drug-likeness (QED) is 0.524. The minimum atomic E-state index is -4.56. The number of imide groups is 1. The summed E-state index contributed by atoms with van der Waals surface area (Å²) in [6, 6.07) is 3.46. The number of rotatable bonds is 1. The molecule has 3 aliphatic rings. The van der Waals surface area contributed by atoms with E-state index in [1.165, 1.54) is 12.1 Å². The molecule has 4 atom stereocenters. The number of fused-ring (bicyclic) bond motifs is 5. The predicted molar refractivity (Wildman–Crippen MR) is 84.0 cm³/mol. The molecule has 3 nitrogen and oxygen atoms in total. The Morgan fingerprint density at radius 3 is 2.50 bits per heavy atom. The molecule has 1 aliphatic heterocycles. The van der Waals surface area contributed by atoms with E-state index in [2.05, 4.69) is 15.9 Å². The van der Waals surface area contributed by atoms with Crippen LogP contribution < -0.4 is 4.90 Å². The zero-order valence-electron chi connectivity index (χ0n) is 12.6. The third kappa shape index (κ3) is 2.03. The molecule has 1 saturated carbocycles. The summed E-state index contributed by atoms with van der Waals surface area (Å²) in [5.74, 6) is -1.54. The smallest absolute Gasteiger partial charge is 0.274 e. The standard InChI is InChI=1S/C17H13BrF3NO2/c1-7-4-8-5-10(7)14-13(8)15(23)22(16(14)24)9-2-3-12(18)11(6-9)17(19,20)21/h2-4,6,8,10,13-14H,5H2,1H3/t8?,10?,13-,14+/m0/s1. The largest absolute Gasteiger partial charge is 0.417 e. The Hall–Kier alpha value is -1.63. The van der Waals surface area contributed by atoms with Gasteiger partial charge >= 0.3 is 6.18 Å². The highest BCUT2D eigenvalue weighted by Gasteiger charge is 2.61. The molecule has 7 heteroatoms. The van der Waals surface area contributed by atoms with Crippen molar-refractivity contribution in [3.63, 3.8) is 0 Å². The molecule has 2 amide bonds. The lowest BCUT2D eigenvalue weighted by molar-refractivity contribution is -0.138. The second-order valence-electron chi connectivity index (χ2n) is 6.64. The highest BCUT2D eigenvalue weighted by Crippen LogP contribution is 2.56. The highest BCUT2D eigenvalue weighted by atomic mass is 79.9. The molecule has 1 saturated heterocycles. The van der Waals surface area contributed by atoms with Crippen molar-refractivity contribution in [3.05, 3.63) is 39.9 Å². The number of carbonyl (C=O) groups is 2. The van der Waals surface area contributed by atoms with Gasteiger partial charge in [0.2, 0.25) is 11.8 Å². The van der Waals surface area contributed by atoms with Crippen LogP contribution in [0, 0.1) is 23.7 Å². The van der Waals surface area contributed by atoms with Crippen LogP contribution in [0.4, 0.5) is 18.9 Å². The number of halogens is 4. The van der Waals surface area contributed by atoms with E-state index in [1.807, 2.05) is 13.0 Å². The first-order chi connectivity index (χ1) is 11.2. The van der Waals surface area contributed by atoms with Gasteiger partial charge in [0.25, 0.3) is 0 Å². The summed E-state index contributed by atoms with van der Waals surface area (Å²) in [6.45, 7) is 1.95. The van der Waals surface area contributed by atoms with Crippen molar-refractivity contribution < 1.29 is 22.8 Å². The van der Waals surface area contributed by atoms with E-state index in [1.54, 1.807) is 0 Å². The van der Waals surface area contributed by atoms with E-state index in [0.717, 1.165) is 23.0 Å². The molecule has 1 aromatic rings. The van der Waals surface area contributed by atoms with Gasteiger partial charge in [0, 0.05) is 4.47 Å². The second kappa shape index (κ2) is 4.94. The fourth-order valence-electron chi connectivity index (χ4n) is 4.40.